The van der Waals surface area contributed by atoms with Crippen molar-refractivity contribution in [3.8, 4) is 0 Å². The van der Waals surface area contributed by atoms with Gasteiger partial charge in [-0.25, -0.2) is 8.42 Å². The fraction of sp³-hybridized carbons (Fsp3) is 0.500. The summed E-state index contributed by atoms with van der Waals surface area (Å²) in [4.78, 5) is 0.357. The van der Waals surface area contributed by atoms with Crippen molar-refractivity contribution in [3.63, 3.8) is 0 Å². The molecule has 4 nitrogen and oxygen atoms in total. The molecule has 0 spiro atoms. The molecular weight excluding hydrogens is 352 g/mol. The zero-order chi connectivity index (χ0) is 13.2. The van der Waals surface area contributed by atoms with Crippen LogP contribution >= 0.6 is 28.3 Å². The lowest BCUT2D eigenvalue weighted by molar-refractivity contribution is 0.451. The van der Waals surface area contributed by atoms with Crippen LogP contribution in [0.25, 0.3) is 0 Å². The molecule has 19 heavy (non-hydrogen) atoms. The molecule has 0 radical (unpaired) electrons. The van der Waals surface area contributed by atoms with Crippen LogP contribution in [0.1, 0.15) is 6.42 Å². The molecular formula is C12H18BrClN2O2S. The normalized spacial score (nSPS) is 20.2. The van der Waals surface area contributed by atoms with Crippen LogP contribution in [-0.4, -0.2) is 39.4 Å². The van der Waals surface area contributed by atoms with Gasteiger partial charge in [-0.15, -0.1) is 12.4 Å². The second-order valence-corrected chi connectivity index (χ2v) is 7.27. The fourth-order valence-corrected chi connectivity index (χ4v) is 4.76. The van der Waals surface area contributed by atoms with Crippen molar-refractivity contribution in [3.05, 3.63) is 28.7 Å². The summed E-state index contributed by atoms with van der Waals surface area (Å²) in [5, 5.41) is 3.10. The van der Waals surface area contributed by atoms with Gasteiger partial charge in [-0.05, 0) is 54.0 Å². The van der Waals surface area contributed by atoms with Crippen molar-refractivity contribution in [1.29, 1.82) is 0 Å². The van der Waals surface area contributed by atoms with Gasteiger partial charge in [0, 0.05) is 17.6 Å². The number of rotatable bonds is 4. The van der Waals surface area contributed by atoms with Gasteiger partial charge in [0.2, 0.25) is 10.0 Å². The van der Waals surface area contributed by atoms with Crippen LogP contribution in [-0.2, 0) is 10.0 Å². The van der Waals surface area contributed by atoms with Gasteiger partial charge in [-0.1, -0.05) is 12.1 Å². The van der Waals surface area contributed by atoms with Gasteiger partial charge in [0.25, 0.3) is 0 Å². The second kappa shape index (κ2) is 7.04. The van der Waals surface area contributed by atoms with E-state index >= 15 is 0 Å². The van der Waals surface area contributed by atoms with Gasteiger partial charge >= 0.3 is 0 Å². The number of nitrogens with zero attached hydrogens (tertiary/aromatic N) is 1. The minimum absolute atomic E-state index is 0. The van der Waals surface area contributed by atoms with Gasteiger partial charge in [0.15, 0.2) is 0 Å². The maximum atomic E-state index is 12.5. The molecule has 1 N–H and O–H groups in total. The molecule has 1 aliphatic rings. The molecule has 1 fully saturated rings. The van der Waals surface area contributed by atoms with Gasteiger partial charge in [0.05, 0.1) is 4.90 Å². The number of sulfonamides is 1. The highest BCUT2D eigenvalue weighted by molar-refractivity contribution is 9.10. The highest BCUT2D eigenvalue weighted by Crippen LogP contribution is 2.28. The summed E-state index contributed by atoms with van der Waals surface area (Å²) in [5.74, 6) is 0.410. The first-order chi connectivity index (χ1) is 8.55. The Morgan fingerprint density at radius 3 is 2.74 bits per heavy atom. The summed E-state index contributed by atoms with van der Waals surface area (Å²) in [5.41, 5.74) is 0. The molecule has 0 bridgehead atoms. The average Bonchev–Trinajstić information content (AvgIpc) is 2.79. The average molecular weight is 370 g/mol. The summed E-state index contributed by atoms with van der Waals surface area (Å²) in [6.07, 6.45) is 0.921. The number of halogens is 2. The van der Waals surface area contributed by atoms with E-state index in [1.54, 1.807) is 22.5 Å². The zero-order valence-electron chi connectivity index (χ0n) is 10.7. The van der Waals surface area contributed by atoms with Crippen molar-refractivity contribution in [2.75, 3.05) is 26.7 Å². The Morgan fingerprint density at radius 2 is 2.11 bits per heavy atom. The van der Waals surface area contributed by atoms with Crippen LogP contribution in [0.15, 0.2) is 33.6 Å². The Labute approximate surface area is 129 Å². The van der Waals surface area contributed by atoms with E-state index in [1.165, 1.54) is 0 Å². The minimum Gasteiger partial charge on any atom is -0.319 e. The van der Waals surface area contributed by atoms with Crippen molar-refractivity contribution in [2.24, 2.45) is 5.92 Å². The van der Waals surface area contributed by atoms with Crippen molar-refractivity contribution in [1.82, 2.24) is 9.62 Å². The summed E-state index contributed by atoms with van der Waals surface area (Å²) >= 11 is 3.31. The first kappa shape index (κ1) is 16.9. The maximum Gasteiger partial charge on any atom is 0.244 e. The lowest BCUT2D eigenvalue weighted by atomic mass is 10.1. The third-order valence-electron chi connectivity index (χ3n) is 3.20. The van der Waals surface area contributed by atoms with E-state index in [9.17, 15) is 8.42 Å². The van der Waals surface area contributed by atoms with Gasteiger partial charge < -0.3 is 5.32 Å². The highest BCUT2D eigenvalue weighted by atomic mass is 79.9. The Morgan fingerprint density at radius 1 is 1.42 bits per heavy atom. The molecule has 1 aromatic rings. The lowest BCUT2D eigenvalue weighted by Gasteiger charge is -2.17. The lowest BCUT2D eigenvalue weighted by Crippen LogP contribution is -2.30. The van der Waals surface area contributed by atoms with Crippen LogP contribution in [0, 0.1) is 5.92 Å². The topological polar surface area (TPSA) is 49.4 Å². The summed E-state index contributed by atoms with van der Waals surface area (Å²) in [6, 6.07) is 6.97. The van der Waals surface area contributed by atoms with Crippen molar-refractivity contribution < 1.29 is 8.42 Å². The smallest absolute Gasteiger partial charge is 0.244 e. The Balaban J connectivity index is 0.00000180. The van der Waals surface area contributed by atoms with E-state index in [1.807, 2.05) is 13.1 Å². The summed E-state index contributed by atoms with van der Waals surface area (Å²) in [6.45, 7) is 2.07. The maximum absolute atomic E-state index is 12.5. The second-order valence-electron chi connectivity index (χ2n) is 4.51. The van der Waals surface area contributed by atoms with E-state index in [0.717, 1.165) is 13.0 Å². The van der Waals surface area contributed by atoms with E-state index in [4.69, 9.17) is 0 Å². The quantitative estimate of drug-likeness (QED) is 0.884. The van der Waals surface area contributed by atoms with Crippen LogP contribution in [0.5, 0.6) is 0 Å². The van der Waals surface area contributed by atoms with Crippen LogP contribution in [0.4, 0.5) is 0 Å². The van der Waals surface area contributed by atoms with E-state index < -0.39 is 10.0 Å². The molecule has 0 aliphatic carbocycles. The predicted molar refractivity (Wildman–Crippen MR) is 82.2 cm³/mol. The molecule has 1 aliphatic heterocycles. The number of benzene rings is 1. The number of nitrogens with one attached hydrogen (secondary N) is 1. The summed E-state index contributed by atoms with van der Waals surface area (Å²) in [7, 11) is -1.47. The van der Waals surface area contributed by atoms with Crippen LogP contribution < -0.4 is 5.32 Å². The number of hydrogen-bond acceptors (Lipinski definition) is 3. The fourth-order valence-electron chi connectivity index (χ4n) is 2.26. The van der Waals surface area contributed by atoms with Crippen molar-refractivity contribution in [2.45, 2.75) is 11.3 Å². The third kappa shape index (κ3) is 3.70. The molecule has 0 amide bonds. The van der Waals surface area contributed by atoms with E-state index in [2.05, 4.69) is 21.2 Å². The molecule has 1 aromatic carbocycles. The molecule has 0 aromatic heterocycles. The molecule has 108 valence electrons. The standard InChI is InChI=1S/C12H17BrN2O2S.ClH/c1-14-8-10-6-7-15(9-10)18(16,17)12-5-3-2-4-11(12)13;/h2-5,10,14H,6-9H2,1H3;1H. The first-order valence-electron chi connectivity index (χ1n) is 5.95. The molecule has 0 saturated carbocycles. The zero-order valence-corrected chi connectivity index (χ0v) is 13.9. The molecule has 2 rings (SSSR count). The Hall–Kier alpha value is -0.140. The predicted octanol–water partition coefficient (Wildman–Crippen LogP) is 2.10. The molecule has 1 atom stereocenters. The molecule has 1 heterocycles. The SMILES string of the molecule is CNCC1CCN(S(=O)(=O)c2ccccc2Br)C1.Cl. The monoisotopic (exact) mass is 368 g/mol. The molecule has 1 saturated heterocycles. The molecule has 1 unspecified atom stereocenters. The number of hydrogen-bond donors (Lipinski definition) is 1. The van der Waals surface area contributed by atoms with Gasteiger partial charge in [0.1, 0.15) is 0 Å². The van der Waals surface area contributed by atoms with Crippen LogP contribution in [0.3, 0.4) is 0 Å². The van der Waals surface area contributed by atoms with Gasteiger partial charge in [-0.2, -0.15) is 4.31 Å². The van der Waals surface area contributed by atoms with E-state index in [0.29, 0.717) is 28.4 Å². The third-order valence-corrected chi connectivity index (χ3v) is 6.07. The van der Waals surface area contributed by atoms with Crippen molar-refractivity contribution >= 4 is 38.4 Å². The van der Waals surface area contributed by atoms with Gasteiger partial charge in [-0.3, -0.25) is 0 Å². The largest absolute Gasteiger partial charge is 0.319 e. The Kier molecular flexibility index (Phi) is 6.26. The highest BCUT2D eigenvalue weighted by Gasteiger charge is 2.32. The van der Waals surface area contributed by atoms with E-state index in [-0.39, 0.29) is 12.4 Å². The summed E-state index contributed by atoms with van der Waals surface area (Å²) < 4.78 is 27.2. The minimum atomic E-state index is -3.36. The first-order valence-corrected chi connectivity index (χ1v) is 8.18. The van der Waals surface area contributed by atoms with Crippen LogP contribution in [0.2, 0.25) is 0 Å². The Bertz CT molecular complexity index is 524. The molecule has 7 heteroatoms.